The molecular weight excluding hydrogens is 298 g/mol. The number of hydrogen-bond acceptors (Lipinski definition) is 5. The Kier molecular flexibility index (Phi) is 4.53. The minimum atomic E-state index is -4.68. The molecule has 0 fully saturated rings. The van der Waals surface area contributed by atoms with E-state index in [4.69, 9.17) is 14.4 Å². The Bertz CT molecular complexity index is 679. The molecule has 107 valence electrons. The van der Waals surface area contributed by atoms with E-state index in [-0.39, 0.29) is 17.7 Å². The average Bonchev–Trinajstić information content (AvgIpc) is 2.25. The summed E-state index contributed by atoms with van der Waals surface area (Å²) < 4.78 is 58.8. The number of benzene rings is 1. The van der Waals surface area contributed by atoms with E-state index in [1.165, 1.54) is 0 Å². The number of nitrogens with two attached hydrogens (primary N) is 1. The summed E-state index contributed by atoms with van der Waals surface area (Å²) in [5.74, 6) is -0.265. The second-order valence-electron chi connectivity index (χ2n) is 3.58. The molecule has 0 amide bonds. The standard InChI is InChI=1S/C9H12NO7S2/c1-17-7-4-6(2-3-11)8(18(10,12)13)5-9(7)19(14,15)16/h4-5H,2-3H2,1H3,(H2,10,12,13)(H,14,15,16). The molecule has 0 aliphatic rings. The smallest absolute Gasteiger partial charge is 0.298 e. The van der Waals surface area contributed by atoms with Crippen molar-refractivity contribution in [2.45, 2.75) is 16.2 Å². The maximum atomic E-state index is 11.4. The summed E-state index contributed by atoms with van der Waals surface area (Å²) in [6.45, 7) is -0.614. The molecule has 0 unspecified atom stereocenters. The molecule has 0 heterocycles. The van der Waals surface area contributed by atoms with Crippen LogP contribution in [-0.4, -0.2) is 35.1 Å². The first kappa shape index (κ1) is 15.9. The number of methoxy groups -OCH3 is 1. The molecule has 0 spiro atoms. The normalized spacial score (nSPS) is 12.4. The van der Waals surface area contributed by atoms with Gasteiger partial charge in [-0.25, -0.2) is 18.7 Å². The lowest BCUT2D eigenvalue weighted by atomic mass is 10.1. The van der Waals surface area contributed by atoms with Crippen LogP contribution in [0.1, 0.15) is 5.56 Å². The van der Waals surface area contributed by atoms with E-state index in [1.807, 2.05) is 0 Å². The van der Waals surface area contributed by atoms with Crippen LogP contribution in [0.5, 0.6) is 5.75 Å². The van der Waals surface area contributed by atoms with Gasteiger partial charge in [-0.2, -0.15) is 8.42 Å². The maximum absolute atomic E-state index is 11.4. The minimum Gasteiger partial charge on any atom is -0.495 e. The Morgan fingerprint density at radius 3 is 2.16 bits per heavy atom. The van der Waals surface area contributed by atoms with Gasteiger partial charge in [-0.05, 0) is 17.7 Å². The van der Waals surface area contributed by atoms with Crippen LogP contribution in [0.15, 0.2) is 21.9 Å². The molecular formula is C9H12NO7S2. The predicted molar refractivity (Wildman–Crippen MR) is 63.4 cm³/mol. The van der Waals surface area contributed by atoms with E-state index in [1.54, 1.807) is 0 Å². The highest BCUT2D eigenvalue weighted by Crippen LogP contribution is 2.29. The number of sulfonamides is 1. The third-order valence-corrected chi connectivity index (χ3v) is 4.17. The summed E-state index contributed by atoms with van der Waals surface area (Å²) in [7, 11) is -7.78. The van der Waals surface area contributed by atoms with Crippen molar-refractivity contribution >= 4 is 20.1 Å². The van der Waals surface area contributed by atoms with Crippen molar-refractivity contribution < 1.29 is 31.2 Å². The third kappa shape index (κ3) is 3.64. The Labute approximate surface area is 110 Å². The molecule has 10 heteroatoms. The Balaban J connectivity index is 3.72. The maximum Gasteiger partial charge on any atom is 0.298 e. The van der Waals surface area contributed by atoms with Crippen LogP contribution in [0.2, 0.25) is 0 Å². The van der Waals surface area contributed by atoms with Crippen LogP contribution in [-0.2, 0) is 31.7 Å². The second-order valence-corrected chi connectivity index (χ2v) is 6.50. The number of ether oxygens (including phenoxy) is 1. The number of hydrogen-bond donors (Lipinski definition) is 2. The molecule has 1 aromatic carbocycles. The molecule has 8 nitrogen and oxygen atoms in total. The predicted octanol–water partition coefficient (Wildman–Crippen LogP) is -0.438. The molecule has 0 saturated carbocycles. The summed E-state index contributed by atoms with van der Waals surface area (Å²) in [6.07, 6.45) is -0.173. The highest BCUT2D eigenvalue weighted by Gasteiger charge is 2.24. The quantitative estimate of drug-likeness (QED) is 0.706. The molecule has 0 atom stereocenters. The molecule has 1 radical (unpaired) electrons. The SMILES string of the molecule is COc1cc(CC[O])c(S(N)(=O)=O)cc1S(=O)(=O)O. The van der Waals surface area contributed by atoms with E-state index in [0.717, 1.165) is 13.2 Å². The summed E-state index contributed by atoms with van der Waals surface area (Å²) in [5.41, 5.74) is 0.0294. The molecule has 0 aliphatic heterocycles. The van der Waals surface area contributed by atoms with E-state index in [9.17, 15) is 21.9 Å². The van der Waals surface area contributed by atoms with Gasteiger partial charge in [0.15, 0.2) is 0 Å². The van der Waals surface area contributed by atoms with Crippen molar-refractivity contribution in [1.82, 2.24) is 0 Å². The van der Waals surface area contributed by atoms with Crippen molar-refractivity contribution in [2.24, 2.45) is 5.14 Å². The van der Waals surface area contributed by atoms with Crippen molar-refractivity contribution in [3.8, 4) is 5.75 Å². The van der Waals surface area contributed by atoms with Gasteiger partial charge < -0.3 is 4.74 Å². The zero-order valence-corrected chi connectivity index (χ0v) is 11.5. The minimum absolute atomic E-state index is 0.0294. The summed E-state index contributed by atoms with van der Waals surface area (Å²) in [4.78, 5) is -1.26. The molecule has 1 rings (SSSR count). The molecule has 0 saturated heterocycles. The van der Waals surface area contributed by atoms with Gasteiger partial charge in [0.1, 0.15) is 10.6 Å². The first-order chi connectivity index (χ1) is 8.61. The highest BCUT2D eigenvalue weighted by atomic mass is 32.2. The van der Waals surface area contributed by atoms with E-state index in [2.05, 4.69) is 0 Å². The molecule has 3 N–H and O–H groups in total. The van der Waals surface area contributed by atoms with Gasteiger partial charge in [-0.1, -0.05) is 0 Å². The van der Waals surface area contributed by atoms with Crippen LogP contribution in [0.25, 0.3) is 0 Å². The van der Waals surface area contributed by atoms with E-state index >= 15 is 0 Å². The van der Waals surface area contributed by atoms with Crippen LogP contribution < -0.4 is 9.88 Å². The lowest BCUT2D eigenvalue weighted by Gasteiger charge is -2.12. The lowest BCUT2D eigenvalue weighted by molar-refractivity contribution is 0.196. The molecule has 0 aromatic heterocycles. The highest BCUT2D eigenvalue weighted by molar-refractivity contribution is 7.89. The van der Waals surface area contributed by atoms with Gasteiger partial charge in [0.25, 0.3) is 10.1 Å². The van der Waals surface area contributed by atoms with Crippen molar-refractivity contribution in [3.63, 3.8) is 0 Å². The first-order valence-corrected chi connectivity index (χ1v) is 7.89. The number of rotatable bonds is 5. The summed E-state index contributed by atoms with van der Waals surface area (Å²) in [5, 5.41) is 15.6. The first-order valence-electron chi connectivity index (χ1n) is 4.90. The fourth-order valence-electron chi connectivity index (χ4n) is 1.51. The lowest BCUT2D eigenvalue weighted by Crippen LogP contribution is -2.16. The molecule has 0 bridgehead atoms. The Hall–Kier alpha value is -1.20. The van der Waals surface area contributed by atoms with Crippen molar-refractivity contribution in [1.29, 1.82) is 0 Å². The van der Waals surface area contributed by atoms with Crippen LogP contribution >= 0.6 is 0 Å². The molecule has 1 aromatic rings. The zero-order valence-electron chi connectivity index (χ0n) is 9.86. The largest absolute Gasteiger partial charge is 0.495 e. The molecule has 19 heavy (non-hydrogen) atoms. The van der Waals surface area contributed by atoms with Crippen molar-refractivity contribution in [3.05, 3.63) is 17.7 Å². The van der Waals surface area contributed by atoms with Gasteiger partial charge in [0.05, 0.1) is 18.6 Å². The van der Waals surface area contributed by atoms with E-state index < -0.39 is 36.5 Å². The fraction of sp³-hybridized carbons (Fsp3) is 0.333. The third-order valence-electron chi connectivity index (χ3n) is 2.30. The average molecular weight is 310 g/mol. The second kappa shape index (κ2) is 5.43. The van der Waals surface area contributed by atoms with Crippen LogP contribution in [0, 0.1) is 0 Å². The van der Waals surface area contributed by atoms with Crippen molar-refractivity contribution in [2.75, 3.05) is 13.7 Å². The molecule has 0 aliphatic carbocycles. The van der Waals surface area contributed by atoms with Gasteiger partial charge in [0, 0.05) is 6.42 Å². The van der Waals surface area contributed by atoms with Crippen LogP contribution in [0.3, 0.4) is 0 Å². The van der Waals surface area contributed by atoms with Gasteiger partial charge in [-0.15, -0.1) is 0 Å². The fourth-order valence-corrected chi connectivity index (χ4v) is 3.06. The zero-order chi connectivity index (χ0) is 14.8. The van der Waals surface area contributed by atoms with Gasteiger partial charge in [-0.3, -0.25) is 4.55 Å². The Morgan fingerprint density at radius 1 is 1.21 bits per heavy atom. The van der Waals surface area contributed by atoms with Gasteiger partial charge >= 0.3 is 0 Å². The summed E-state index contributed by atoms with van der Waals surface area (Å²) >= 11 is 0. The topological polar surface area (TPSA) is 144 Å². The number of primary sulfonamides is 1. The van der Waals surface area contributed by atoms with Gasteiger partial charge in [0.2, 0.25) is 10.0 Å². The monoisotopic (exact) mass is 310 g/mol. The Morgan fingerprint density at radius 2 is 1.79 bits per heavy atom. The van der Waals surface area contributed by atoms with E-state index in [0.29, 0.717) is 6.07 Å². The van der Waals surface area contributed by atoms with Crippen LogP contribution in [0.4, 0.5) is 0 Å². The summed E-state index contributed by atoms with van der Waals surface area (Å²) in [6, 6.07) is 1.73.